The van der Waals surface area contributed by atoms with E-state index in [9.17, 15) is 0 Å². The third-order valence-corrected chi connectivity index (χ3v) is 14.0. The van der Waals surface area contributed by atoms with Crippen molar-refractivity contribution >= 4 is 17.1 Å². The smallest absolute Gasteiger partial charge is 0.346 e. The maximum Gasteiger partial charge on any atom is 2.00 e. The van der Waals surface area contributed by atoms with Crippen molar-refractivity contribution in [1.82, 2.24) is 9.97 Å². The first-order chi connectivity index (χ1) is 37.0. The fourth-order valence-electron chi connectivity index (χ4n) is 10.1. The second-order valence-corrected chi connectivity index (χ2v) is 18.9. The minimum atomic E-state index is 0. The minimum absolute atomic E-state index is 0. The number of hydrogen-bond donors (Lipinski definition) is 0. The van der Waals surface area contributed by atoms with Gasteiger partial charge in [0.1, 0.15) is 0 Å². The topological polar surface area (TPSA) is 29.0 Å². The van der Waals surface area contributed by atoms with Crippen molar-refractivity contribution in [1.29, 1.82) is 0 Å². The van der Waals surface area contributed by atoms with Gasteiger partial charge in [-0.25, -0.2) is 0 Å². The zero-order chi connectivity index (χ0) is 50.5. The van der Waals surface area contributed by atoms with Gasteiger partial charge in [0.25, 0.3) is 0 Å². The van der Waals surface area contributed by atoms with E-state index in [1.165, 1.54) is 22.3 Å². The molecular formula is C72H51N3Pt. The summed E-state index contributed by atoms with van der Waals surface area (Å²) < 4.78 is 0. The summed E-state index contributed by atoms with van der Waals surface area (Å²) in [6, 6.07) is 101. The van der Waals surface area contributed by atoms with Crippen LogP contribution in [-0.2, 0) is 21.1 Å². The first-order valence-corrected chi connectivity index (χ1v) is 25.4. The molecule has 0 bridgehead atoms. The molecule has 0 saturated carbocycles. The van der Waals surface area contributed by atoms with Crippen LogP contribution in [0, 0.1) is 26.0 Å². The Hall–Kier alpha value is -9.01. The van der Waals surface area contributed by atoms with Crippen LogP contribution in [0.4, 0.5) is 17.1 Å². The van der Waals surface area contributed by atoms with Crippen LogP contribution in [0.25, 0.3) is 100 Å². The number of anilines is 3. The standard InChI is InChI=1S/C72H51N3.Pt/c1-50-48-73-70(46-68(50)59-36-32-56(33-37-59)52-20-8-3-9-21-52)63-40-61(54-24-12-5-13-25-54)42-65(44-63)75(72-31-19-18-30-67(72)58-28-16-7-17-29-58)66-43-62(55-26-14-6-15-27-55)41-64(45-66)71-47-69(51(2)49-74-71)60-38-34-57(35-39-60)53-22-10-4-11-23-53;/h3-43,46-49H,1-2H3;/q-2;+2. The van der Waals surface area contributed by atoms with Gasteiger partial charge >= 0.3 is 21.1 Å². The van der Waals surface area contributed by atoms with Gasteiger partial charge in [-0.05, 0) is 115 Å². The molecule has 3 nitrogen and oxygen atoms in total. The Morgan fingerprint density at radius 1 is 0.289 bits per heavy atom. The average molecular weight is 1150 g/mol. The van der Waals surface area contributed by atoms with E-state index in [1.807, 2.05) is 12.4 Å². The van der Waals surface area contributed by atoms with Crippen LogP contribution >= 0.6 is 0 Å². The van der Waals surface area contributed by atoms with Crippen molar-refractivity contribution < 1.29 is 21.1 Å². The summed E-state index contributed by atoms with van der Waals surface area (Å²) in [5.41, 5.74) is 23.9. The molecule has 0 atom stereocenters. The van der Waals surface area contributed by atoms with Crippen molar-refractivity contribution in [2.45, 2.75) is 13.8 Å². The van der Waals surface area contributed by atoms with Crippen molar-refractivity contribution in [3.63, 3.8) is 0 Å². The molecule has 0 saturated heterocycles. The van der Waals surface area contributed by atoms with Gasteiger partial charge in [0.2, 0.25) is 0 Å². The van der Waals surface area contributed by atoms with Gasteiger partial charge in [0, 0.05) is 18.0 Å². The van der Waals surface area contributed by atoms with Gasteiger partial charge in [0.05, 0.1) is 5.69 Å². The SMILES string of the molecule is Cc1cnc(-c2[c-]c(N(c3[c-]c(-c4cc(-c5ccc(-c6ccccc6)cc5)c(C)cn4)cc(-c4ccccc4)c3)c3ccccc3-c3ccccc3)cc(-c3ccccc3)c2)cc1-c1ccc(-c2ccccc2)cc1.[Pt+2]. The monoisotopic (exact) mass is 1150 g/mol. The molecule has 0 spiro atoms. The Bertz CT molecular complexity index is 3700. The summed E-state index contributed by atoms with van der Waals surface area (Å²) in [6.45, 7) is 4.27. The number of rotatable bonds is 12. The molecule has 4 heteroatoms. The van der Waals surface area contributed by atoms with E-state index in [2.05, 4.69) is 292 Å². The molecular weight excluding hydrogens is 1100 g/mol. The second-order valence-electron chi connectivity index (χ2n) is 18.9. The molecule has 2 heterocycles. The second kappa shape index (κ2) is 22.2. The number of aromatic nitrogens is 2. The number of benzene rings is 10. The Labute approximate surface area is 460 Å². The Morgan fingerprint density at radius 3 is 0.987 bits per heavy atom. The van der Waals surface area contributed by atoms with E-state index in [4.69, 9.17) is 9.97 Å². The Morgan fingerprint density at radius 2 is 0.592 bits per heavy atom. The first kappa shape index (κ1) is 49.2. The van der Waals surface area contributed by atoms with Crippen LogP contribution < -0.4 is 4.90 Å². The van der Waals surface area contributed by atoms with E-state index in [0.29, 0.717) is 0 Å². The zero-order valence-electron chi connectivity index (χ0n) is 42.1. The molecule has 0 radical (unpaired) electrons. The summed E-state index contributed by atoms with van der Waals surface area (Å²) in [5.74, 6) is 0. The molecule has 0 unspecified atom stereocenters. The molecule has 10 aromatic carbocycles. The summed E-state index contributed by atoms with van der Waals surface area (Å²) in [7, 11) is 0. The van der Waals surface area contributed by atoms with Crippen molar-refractivity contribution in [3.8, 4) is 100 Å². The fraction of sp³-hybridized carbons (Fsp3) is 0.0278. The van der Waals surface area contributed by atoms with E-state index < -0.39 is 0 Å². The predicted molar refractivity (Wildman–Crippen MR) is 313 cm³/mol. The number of pyridine rings is 2. The zero-order valence-corrected chi connectivity index (χ0v) is 44.4. The molecule has 12 aromatic rings. The van der Waals surface area contributed by atoms with Crippen LogP contribution in [0.5, 0.6) is 0 Å². The summed E-state index contributed by atoms with van der Waals surface area (Å²) in [6.07, 6.45) is 3.98. The Balaban J connectivity index is 0.00000616. The molecule has 0 aliphatic rings. The first-order valence-electron chi connectivity index (χ1n) is 25.4. The third-order valence-electron chi connectivity index (χ3n) is 14.0. The number of nitrogens with zero attached hydrogens (tertiary/aromatic N) is 3. The molecule has 0 fully saturated rings. The fourth-order valence-corrected chi connectivity index (χ4v) is 10.1. The van der Waals surface area contributed by atoms with Gasteiger partial charge in [-0.3, -0.25) is 0 Å². The summed E-state index contributed by atoms with van der Waals surface area (Å²) in [4.78, 5) is 12.6. The molecule has 0 aliphatic carbocycles. The van der Waals surface area contributed by atoms with Gasteiger partial charge < -0.3 is 14.9 Å². The molecule has 0 amide bonds. The average Bonchev–Trinajstić information content (AvgIpc) is 3.53. The van der Waals surface area contributed by atoms with E-state index >= 15 is 0 Å². The van der Waals surface area contributed by atoms with Crippen LogP contribution in [0.1, 0.15) is 11.1 Å². The van der Waals surface area contributed by atoms with E-state index in [-0.39, 0.29) is 21.1 Å². The van der Waals surface area contributed by atoms with Crippen LogP contribution in [0.15, 0.2) is 273 Å². The quantitative estimate of drug-likeness (QED) is 0.114. The number of hydrogen-bond acceptors (Lipinski definition) is 3. The largest absolute Gasteiger partial charge is 2.00 e. The van der Waals surface area contributed by atoms with Crippen molar-refractivity contribution in [2.75, 3.05) is 4.90 Å². The minimum Gasteiger partial charge on any atom is -0.346 e. The van der Waals surface area contributed by atoms with Crippen LogP contribution in [-0.4, -0.2) is 9.97 Å². The van der Waals surface area contributed by atoms with Gasteiger partial charge in [-0.1, -0.05) is 242 Å². The molecule has 76 heavy (non-hydrogen) atoms. The predicted octanol–water partition coefficient (Wildman–Crippen LogP) is 19.2. The number of para-hydroxylation sites is 1. The molecule has 0 aliphatic heterocycles. The van der Waals surface area contributed by atoms with E-state index in [0.717, 1.165) is 106 Å². The maximum absolute atomic E-state index is 5.15. The van der Waals surface area contributed by atoms with E-state index in [1.54, 1.807) is 0 Å². The Kier molecular flexibility index (Phi) is 14.4. The van der Waals surface area contributed by atoms with Gasteiger partial charge in [0.15, 0.2) is 0 Å². The van der Waals surface area contributed by atoms with Gasteiger partial charge in [-0.15, -0.1) is 47.5 Å². The maximum atomic E-state index is 5.15. The normalized spacial score (nSPS) is 10.9. The van der Waals surface area contributed by atoms with Crippen molar-refractivity contribution in [3.05, 3.63) is 297 Å². The molecule has 2 aromatic heterocycles. The van der Waals surface area contributed by atoms with Gasteiger partial charge in [-0.2, -0.15) is 0 Å². The third kappa shape index (κ3) is 10.4. The molecule has 0 N–H and O–H groups in total. The molecule has 12 rings (SSSR count). The van der Waals surface area contributed by atoms with Crippen LogP contribution in [0.2, 0.25) is 0 Å². The summed E-state index contributed by atoms with van der Waals surface area (Å²) in [5, 5.41) is 0. The summed E-state index contributed by atoms with van der Waals surface area (Å²) >= 11 is 0. The number of aryl methyl sites for hydroxylation is 2. The molecule has 364 valence electrons. The van der Waals surface area contributed by atoms with Crippen molar-refractivity contribution in [2.24, 2.45) is 0 Å². The van der Waals surface area contributed by atoms with Crippen LogP contribution in [0.3, 0.4) is 0 Å².